The van der Waals surface area contributed by atoms with Crippen LogP contribution in [0.25, 0.3) is 6.08 Å². The lowest BCUT2D eigenvalue weighted by Gasteiger charge is -2.01. The smallest absolute Gasteiger partial charge is 0.328 e. The summed E-state index contributed by atoms with van der Waals surface area (Å²) in [6, 6.07) is 6.43. The Morgan fingerprint density at radius 1 is 1.30 bits per heavy atom. The molecule has 2 aromatic rings. The van der Waals surface area contributed by atoms with E-state index in [4.69, 9.17) is 5.11 Å². The van der Waals surface area contributed by atoms with Crippen molar-refractivity contribution < 1.29 is 14.7 Å². The van der Waals surface area contributed by atoms with Crippen molar-refractivity contribution in [1.29, 1.82) is 0 Å². The van der Waals surface area contributed by atoms with Gasteiger partial charge in [-0.05, 0) is 29.0 Å². The molecule has 0 unspecified atom stereocenters. The summed E-state index contributed by atoms with van der Waals surface area (Å²) < 4.78 is 0. The van der Waals surface area contributed by atoms with Gasteiger partial charge in [0.05, 0.1) is 7.05 Å². The SMILES string of the molecule is Cn1nnc(NC(=O)c2ccc(/C=C/C(=O)O)cc2)n1. The van der Waals surface area contributed by atoms with E-state index in [1.807, 2.05) is 0 Å². The van der Waals surface area contributed by atoms with Gasteiger partial charge in [0.15, 0.2) is 0 Å². The van der Waals surface area contributed by atoms with Gasteiger partial charge >= 0.3 is 5.97 Å². The first-order valence-electron chi connectivity index (χ1n) is 5.61. The van der Waals surface area contributed by atoms with E-state index in [2.05, 4.69) is 20.7 Å². The highest BCUT2D eigenvalue weighted by atomic mass is 16.4. The first kappa shape index (κ1) is 13.4. The van der Waals surface area contributed by atoms with Gasteiger partial charge in [0.25, 0.3) is 11.9 Å². The highest BCUT2D eigenvalue weighted by molar-refractivity contribution is 6.03. The maximum absolute atomic E-state index is 11.9. The van der Waals surface area contributed by atoms with E-state index in [9.17, 15) is 9.59 Å². The van der Waals surface area contributed by atoms with Crippen LogP contribution in [0.15, 0.2) is 30.3 Å². The molecular formula is C12H11N5O3. The summed E-state index contributed by atoms with van der Waals surface area (Å²) >= 11 is 0. The molecule has 20 heavy (non-hydrogen) atoms. The molecule has 1 amide bonds. The largest absolute Gasteiger partial charge is 0.478 e. The molecule has 0 aliphatic heterocycles. The van der Waals surface area contributed by atoms with Crippen molar-refractivity contribution in [1.82, 2.24) is 20.2 Å². The van der Waals surface area contributed by atoms with Crippen LogP contribution in [0.5, 0.6) is 0 Å². The Kier molecular flexibility index (Phi) is 3.85. The minimum atomic E-state index is -1.03. The first-order chi connectivity index (χ1) is 9.54. The number of rotatable bonds is 4. The zero-order valence-electron chi connectivity index (χ0n) is 10.5. The molecule has 0 radical (unpaired) electrons. The predicted octanol–water partition coefficient (Wildman–Crippen LogP) is 0.560. The van der Waals surface area contributed by atoms with E-state index in [-0.39, 0.29) is 11.9 Å². The number of carbonyl (C=O) groups excluding carboxylic acids is 1. The molecule has 0 saturated carbocycles. The summed E-state index contributed by atoms with van der Waals surface area (Å²) in [6.07, 6.45) is 2.47. The van der Waals surface area contributed by atoms with Crippen molar-refractivity contribution in [2.24, 2.45) is 7.05 Å². The third kappa shape index (κ3) is 3.48. The van der Waals surface area contributed by atoms with Gasteiger partial charge in [-0.3, -0.25) is 10.1 Å². The van der Waals surface area contributed by atoms with Crippen LogP contribution >= 0.6 is 0 Å². The van der Waals surface area contributed by atoms with E-state index in [1.165, 1.54) is 10.9 Å². The van der Waals surface area contributed by atoms with Gasteiger partial charge in [-0.25, -0.2) is 4.79 Å². The van der Waals surface area contributed by atoms with E-state index >= 15 is 0 Å². The Morgan fingerprint density at radius 3 is 2.55 bits per heavy atom. The van der Waals surface area contributed by atoms with Gasteiger partial charge in [0.2, 0.25) is 0 Å². The van der Waals surface area contributed by atoms with Crippen molar-refractivity contribution in [2.45, 2.75) is 0 Å². The Hall–Kier alpha value is -3.03. The number of aryl methyl sites for hydroxylation is 1. The number of hydrogen-bond acceptors (Lipinski definition) is 5. The van der Waals surface area contributed by atoms with Gasteiger partial charge < -0.3 is 5.11 Å². The van der Waals surface area contributed by atoms with Crippen LogP contribution in [-0.2, 0) is 11.8 Å². The van der Waals surface area contributed by atoms with Crippen molar-refractivity contribution in [3.63, 3.8) is 0 Å². The summed E-state index contributed by atoms with van der Waals surface area (Å²) in [4.78, 5) is 23.5. The van der Waals surface area contributed by atoms with Crippen molar-refractivity contribution in [2.75, 3.05) is 5.32 Å². The first-order valence-corrected chi connectivity index (χ1v) is 5.61. The molecule has 2 rings (SSSR count). The number of aliphatic carboxylic acids is 1. The Balaban J connectivity index is 2.05. The van der Waals surface area contributed by atoms with Crippen molar-refractivity contribution >= 4 is 23.9 Å². The number of carboxylic acids is 1. The Labute approximate surface area is 113 Å². The third-order valence-corrected chi connectivity index (χ3v) is 2.32. The topological polar surface area (TPSA) is 110 Å². The van der Waals surface area contributed by atoms with Gasteiger partial charge in [-0.1, -0.05) is 17.2 Å². The number of nitrogens with zero attached hydrogens (tertiary/aromatic N) is 4. The molecule has 1 aromatic heterocycles. The fraction of sp³-hybridized carbons (Fsp3) is 0.0833. The average molecular weight is 273 g/mol. The number of anilines is 1. The molecule has 0 aliphatic rings. The second-order valence-electron chi connectivity index (χ2n) is 3.85. The molecule has 0 spiro atoms. The van der Waals surface area contributed by atoms with E-state index in [1.54, 1.807) is 31.3 Å². The van der Waals surface area contributed by atoms with Gasteiger partial charge in [0, 0.05) is 11.6 Å². The molecule has 0 atom stereocenters. The lowest BCUT2D eigenvalue weighted by atomic mass is 10.1. The lowest BCUT2D eigenvalue weighted by Crippen LogP contribution is -2.13. The maximum atomic E-state index is 11.9. The summed E-state index contributed by atoms with van der Waals surface area (Å²) in [5.74, 6) is -1.28. The summed E-state index contributed by atoms with van der Waals surface area (Å²) in [6.45, 7) is 0. The Morgan fingerprint density at radius 2 is 2.00 bits per heavy atom. The monoisotopic (exact) mass is 273 g/mol. The van der Waals surface area contributed by atoms with Crippen LogP contribution in [0.2, 0.25) is 0 Å². The van der Waals surface area contributed by atoms with Crippen LogP contribution < -0.4 is 5.32 Å². The van der Waals surface area contributed by atoms with E-state index in [0.29, 0.717) is 11.1 Å². The molecule has 0 fully saturated rings. The fourth-order valence-corrected chi connectivity index (χ4v) is 1.42. The highest BCUT2D eigenvalue weighted by Gasteiger charge is 2.08. The predicted molar refractivity (Wildman–Crippen MR) is 69.9 cm³/mol. The highest BCUT2D eigenvalue weighted by Crippen LogP contribution is 2.08. The standard InChI is InChI=1S/C12H11N5O3/c1-17-15-12(14-16-17)13-11(20)9-5-2-8(3-6-9)4-7-10(18)19/h2-7H,1H3,(H,18,19)(H,13,15,20)/b7-4+. The van der Waals surface area contributed by atoms with Gasteiger partial charge in [-0.2, -0.15) is 4.80 Å². The third-order valence-electron chi connectivity index (χ3n) is 2.32. The fourth-order valence-electron chi connectivity index (χ4n) is 1.42. The van der Waals surface area contributed by atoms with Crippen LogP contribution in [0.3, 0.4) is 0 Å². The zero-order chi connectivity index (χ0) is 14.5. The van der Waals surface area contributed by atoms with E-state index < -0.39 is 5.97 Å². The van der Waals surface area contributed by atoms with Crippen LogP contribution in [0.1, 0.15) is 15.9 Å². The molecule has 0 bridgehead atoms. The average Bonchev–Trinajstić information content (AvgIpc) is 2.82. The van der Waals surface area contributed by atoms with Crippen molar-refractivity contribution in [3.8, 4) is 0 Å². The van der Waals surface area contributed by atoms with Gasteiger partial charge in [0.1, 0.15) is 0 Å². The second-order valence-corrected chi connectivity index (χ2v) is 3.85. The van der Waals surface area contributed by atoms with E-state index in [0.717, 1.165) is 6.08 Å². The summed E-state index contributed by atoms with van der Waals surface area (Å²) in [5.41, 5.74) is 1.09. The molecule has 102 valence electrons. The molecule has 0 saturated heterocycles. The quantitative estimate of drug-likeness (QED) is 0.787. The number of amides is 1. The number of nitrogens with one attached hydrogen (secondary N) is 1. The molecule has 8 heteroatoms. The number of carboxylic acid groups (broad SMARTS) is 1. The molecule has 2 N–H and O–H groups in total. The zero-order valence-corrected chi connectivity index (χ0v) is 10.5. The number of benzene rings is 1. The Bertz CT molecular complexity index is 660. The number of hydrogen-bond donors (Lipinski definition) is 2. The molecule has 0 aliphatic carbocycles. The van der Waals surface area contributed by atoms with Crippen LogP contribution in [0, 0.1) is 0 Å². The number of aromatic nitrogens is 4. The molecular weight excluding hydrogens is 262 g/mol. The maximum Gasteiger partial charge on any atom is 0.328 e. The second kappa shape index (κ2) is 5.74. The van der Waals surface area contributed by atoms with Crippen molar-refractivity contribution in [3.05, 3.63) is 41.5 Å². The van der Waals surface area contributed by atoms with Crippen LogP contribution in [-0.4, -0.2) is 37.2 Å². The van der Waals surface area contributed by atoms with Crippen LogP contribution in [0.4, 0.5) is 5.95 Å². The number of tetrazole rings is 1. The molecule has 1 aromatic carbocycles. The normalized spacial score (nSPS) is 10.7. The molecule has 8 nitrogen and oxygen atoms in total. The molecule has 1 heterocycles. The minimum absolute atomic E-state index is 0.118. The summed E-state index contributed by atoms with van der Waals surface area (Å²) in [7, 11) is 1.59. The summed E-state index contributed by atoms with van der Waals surface area (Å²) in [5, 5.41) is 22.1. The van der Waals surface area contributed by atoms with Gasteiger partial charge in [-0.15, -0.1) is 5.10 Å². The lowest BCUT2D eigenvalue weighted by molar-refractivity contribution is -0.131. The minimum Gasteiger partial charge on any atom is -0.478 e. The number of carbonyl (C=O) groups is 2.